The van der Waals surface area contributed by atoms with Crippen LogP contribution in [0.2, 0.25) is 0 Å². The highest BCUT2D eigenvalue weighted by Crippen LogP contribution is 2.08. The SMILES string of the molecule is CCCCCCCC(=O)NCCCCCC(=O)c1ccccc1. The monoisotopic (exact) mass is 317 g/mol. The van der Waals surface area contributed by atoms with Gasteiger partial charge in [0, 0.05) is 24.9 Å². The van der Waals surface area contributed by atoms with Crippen molar-refractivity contribution in [1.82, 2.24) is 5.32 Å². The molecule has 1 aromatic rings. The van der Waals surface area contributed by atoms with E-state index in [1.807, 2.05) is 30.3 Å². The molecule has 0 saturated carbocycles. The second-order valence-electron chi connectivity index (χ2n) is 6.11. The van der Waals surface area contributed by atoms with Crippen LogP contribution in [0.1, 0.15) is 81.5 Å². The van der Waals surface area contributed by atoms with Gasteiger partial charge in [-0.15, -0.1) is 0 Å². The van der Waals surface area contributed by atoms with Gasteiger partial charge in [-0.25, -0.2) is 0 Å². The Morgan fingerprint density at radius 1 is 0.826 bits per heavy atom. The molecule has 1 aromatic carbocycles. The number of nitrogens with one attached hydrogen (secondary N) is 1. The van der Waals surface area contributed by atoms with Gasteiger partial charge in [0.05, 0.1) is 0 Å². The summed E-state index contributed by atoms with van der Waals surface area (Å²) in [5.74, 6) is 0.378. The number of benzene rings is 1. The van der Waals surface area contributed by atoms with Crippen LogP contribution in [0.3, 0.4) is 0 Å². The molecule has 1 N–H and O–H groups in total. The van der Waals surface area contributed by atoms with Crippen LogP contribution in [0.5, 0.6) is 0 Å². The molecular weight excluding hydrogens is 286 g/mol. The van der Waals surface area contributed by atoms with Gasteiger partial charge in [-0.05, 0) is 19.3 Å². The summed E-state index contributed by atoms with van der Waals surface area (Å²) in [6.45, 7) is 2.92. The number of rotatable bonds is 13. The molecule has 23 heavy (non-hydrogen) atoms. The molecule has 1 amide bonds. The summed E-state index contributed by atoms with van der Waals surface area (Å²) in [6.07, 6.45) is 9.95. The molecule has 0 radical (unpaired) electrons. The standard InChI is InChI=1S/C20H31NO2/c1-2-3-4-5-11-16-20(23)21-17-12-7-10-15-19(22)18-13-8-6-9-14-18/h6,8-9,13-14H,2-5,7,10-12,15-17H2,1H3,(H,21,23). The molecular formula is C20H31NO2. The second kappa shape index (κ2) is 12.9. The zero-order valence-corrected chi connectivity index (χ0v) is 14.5. The summed E-state index contributed by atoms with van der Waals surface area (Å²) in [6, 6.07) is 9.44. The molecule has 128 valence electrons. The van der Waals surface area contributed by atoms with Crippen molar-refractivity contribution in [3.05, 3.63) is 35.9 Å². The Hall–Kier alpha value is -1.64. The first-order valence-corrected chi connectivity index (χ1v) is 9.09. The molecule has 0 saturated heterocycles. The predicted octanol–water partition coefficient (Wildman–Crippen LogP) is 4.91. The van der Waals surface area contributed by atoms with Crippen LogP contribution in [-0.4, -0.2) is 18.2 Å². The van der Waals surface area contributed by atoms with Crippen molar-refractivity contribution < 1.29 is 9.59 Å². The molecule has 3 heteroatoms. The van der Waals surface area contributed by atoms with E-state index in [-0.39, 0.29) is 11.7 Å². The van der Waals surface area contributed by atoms with Gasteiger partial charge in [-0.2, -0.15) is 0 Å². The van der Waals surface area contributed by atoms with E-state index in [0.717, 1.165) is 44.2 Å². The summed E-state index contributed by atoms with van der Waals surface area (Å²) in [4.78, 5) is 23.5. The van der Waals surface area contributed by atoms with Crippen molar-refractivity contribution in [3.8, 4) is 0 Å². The van der Waals surface area contributed by atoms with Crippen molar-refractivity contribution >= 4 is 11.7 Å². The molecule has 0 bridgehead atoms. The van der Waals surface area contributed by atoms with Crippen molar-refractivity contribution in [1.29, 1.82) is 0 Å². The number of carbonyl (C=O) groups is 2. The quantitative estimate of drug-likeness (QED) is 0.415. The molecule has 3 nitrogen and oxygen atoms in total. The number of unbranched alkanes of at least 4 members (excludes halogenated alkanes) is 6. The minimum atomic E-state index is 0.168. The Bertz CT molecular complexity index is 442. The Labute approximate surface area is 140 Å². The third kappa shape index (κ3) is 9.88. The molecule has 1 rings (SSSR count). The lowest BCUT2D eigenvalue weighted by Gasteiger charge is -2.05. The molecule has 0 unspecified atom stereocenters. The van der Waals surface area contributed by atoms with E-state index >= 15 is 0 Å². The molecule has 0 atom stereocenters. The number of carbonyl (C=O) groups excluding carboxylic acids is 2. The van der Waals surface area contributed by atoms with E-state index in [0.29, 0.717) is 12.8 Å². The fourth-order valence-corrected chi connectivity index (χ4v) is 2.56. The number of Topliss-reactive ketones (excluding diaryl/α,β-unsaturated/α-hetero) is 1. The van der Waals surface area contributed by atoms with Gasteiger partial charge in [-0.3, -0.25) is 9.59 Å². The van der Waals surface area contributed by atoms with E-state index in [1.54, 1.807) is 0 Å². The highest BCUT2D eigenvalue weighted by atomic mass is 16.1. The maximum Gasteiger partial charge on any atom is 0.219 e. The smallest absolute Gasteiger partial charge is 0.219 e. The van der Waals surface area contributed by atoms with E-state index in [2.05, 4.69) is 12.2 Å². The minimum Gasteiger partial charge on any atom is -0.356 e. The third-order valence-corrected chi connectivity index (χ3v) is 4.01. The molecule has 0 spiro atoms. The molecule has 0 aliphatic heterocycles. The van der Waals surface area contributed by atoms with Gasteiger partial charge in [0.25, 0.3) is 0 Å². The van der Waals surface area contributed by atoms with Gasteiger partial charge in [0.2, 0.25) is 5.91 Å². The average Bonchev–Trinajstić information content (AvgIpc) is 2.58. The van der Waals surface area contributed by atoms with E-state index in [1.165, 1.54) is 19.3 Å². The van der Waals surface area contributed by atoms with E-state index < -0.39 is 0 Å². The van der Waals surface area contributed by atoms with Gasteiger partial charge in [0.1, 0.15) is 0 Å². The Balaban J connectivity index is 1.95. The summed E-state index contributed by atoms with van der Waals surface area (Å²) in [5.41, 5.74) is 0.795. The summed E-state index contributed by atoms with van der Waals surface area (Å²) >= 11 is 0. The Morgan fingerprint density at radius 2 is 1.48 bits per heavy atom. The average molecular weight is 317 g/mol. The molecule has 0 aromatic heterocycles. The van der Waals surface area contributed by atoms with Gasteiger partial charge in [0.15, 0.2) is 5.78 Å². The van der Waals surface area contributed by atoms with Crippen LogP contribution in [0, 0.1) is 0 Å². The first-order chi connectivity index (χ1) is 11.2. The van der Waals surface area contributed by atoms with E-state index in [4.69, 9.17) is 0 Å². The Morgan fingerprint density at radius 3 is 2.22 bits per heavy atom. The predicted molar refractivity (Wildman–Crippen MR) is 95.6 cm³/mol. The fourth-order valence-electron chi connectivity index (χ4n) is 2.56. The van der Waals surface area contributed by atoms with Crippen LogP contribution in [-0.2, 0) is 4.79 Å². The molecule has 0 fully saturated rings. The zero-order chi connectivity index (χ0) is 16.8. The van der Waals surface area contributed by atoms with Gasteiger partial charge < -0.3 is 5.32 Å². The van der Waals surface area contributed by atoms with Crippen LogP contribution in [0.25, 0.3) is 0 Å². The van der Waals surface area contributed by atoms with Crippen LogP contribution < -0.4 is 5.32 Å². The number of hydrogen-bond donors (Lipinski definition) is 1. The zero-order valence-electron chi connectivity index (χ0n) is 14.5. The van der Waals surface area contributed by atoms with Crippen molar-refractivity contribution in [3.63, 3.8) is 0 Å². The Kier molecular flexibility index (Phi) is 10.9. The number of hydrogen-bond acceptors (Lipinski definition) is 2. The lowest BCUT2D eigenvalue weighted by Crippen LogP contribution is -2.23. The highest BCUT2D eigenvalue weighted by Gasteiger charge is 2.04. The molecule has 0 aliphatic rings. The lowest BCUT2D eigenvalue weighted by molar-refractivity contribution is -0.121. The normalized spacial score (nSPS) is 10.5. The van der Waals surface area contributed by atoms with Crippen molar-refractivity contribution in [2.24, 2.45) is 0 Å². The maximum atomic E-state index is 11.9. The van der Waals surface area contributed by atoms with Gasteiger partial charge >= 0.3 is 0 Å². The molecule has 0 heterocycles. The summed E-state index contributed by atoms with van der Waals surface area (Å²) < 4.78 is 0. The van der Waals surface area contributed by atoms with Crippen LogP contribution >= 0.6 is 0 Å². The topological polar surface area (TPSA) is 46.2 Å². The minimum absolute atomic E-state index is 0.168. The largest absolute Gasteiger partial charge is 0.356 e. The van der Waals surface area contributed by atoms with Gasteiger partial charge in [-0.1, -0.05) is 69.4 Å². The summed E-state index contributed by atoms with van der Waals surface area (Å²) in [7, 11) is 0. The number of ketones is 1. The first-order valence-electron chi connectivity index (χ1n) is 9.09. The van der Waals surface area contributed by atoms with Crippen molar-refractivity contribution in [2.75, 3.05) is 6.54 Å². The number of amides is 1. The highest BCUT2D eigenvalue weighted by molar-refractivity contribution is 5.95. The van der Waals surface area contributed by atoms with E-state index in [9.17, 15) is 9.59 Å². The third-order valence-electron chi connectivity index (χ3n) is 4.01. The first kappa shape index (κ1) is 19.4. The lowest BCUT2D eigenvalue weighted by atomic mass is 10.0. The van der Waals surface area contributed by atoms with Crippen molar-refractivity contribution in [2.45, 2.75) is 71.1 Å². The van der Waals surface area contributed by atoms with Crippen LogP contribution in [0.4, 0.5) is 0 Å². The second-order valence-corrected chi connectivity index (χ2v) is 6.11. The fraction of sp³-hybridized carbons (Fsp3) is 0.600. The molecule has 0 aliphatic carbocycles. The van der Waals surface area contributed by atoms with Crippen LogP contribution in [0.15, 0.2) is 30.3 Å². The maximum absolute atomic E-state index is 11.9. The summed E-state index contributed by atoms with van der Waals surface area (Å²) in [5, 5.41) is 2.97.